The number of nitrogens with zero attached hydrogens (tertiary/aromatic N) is 1. The second-order valence-corrected chi connectivity index (χ2v) is 6.71. The minimum absolute atomic E-state index is 0.151. The van der Waals surface area contributed by atoms with E-state index in [1.54, 1.807) is 60.1 Å². The lowest BCUT2D eigenvalue weighted by molar-refractivity contribution is -0.136. The molecule has 1 aromatic carbocycles. The van der Waals surface area contributed by atoms with Crippen LogP contribution in [0.1, 0.15) is 18.4 Å². The van der Waals surface area contributed by atoms with Gasteiger partial charge in [-0.25, -0.2) is 0 Å². The molecule has 3 rings (SSSR count). The summed E-state index contributed by atoms with van der Waals surface area (Å²) in [7, 11) is 0. The molecule has 0 bridgehead atoms. The summed E-state index contributed by atoms with van der Waals surface area (Å²) in [6.07, 6.45) is 3.28. The van der Waals surface area contributed by atoms with Crippen molar-refractivity contribution in [1.29, 1.82) is 0 Å². The van der Waals surface area contributed by atoms with E-state index in [1.807, 2.05) is 23.8 Å². The van der Waals surface area contributed by atoms with E-state index in [2.05, 4.69) is 15.6 Å². The molecule has 1 atom stereocenters. The largest absolute Gasteiger partial charge is 0.457 e. The number of rotatable bonds is 6. The van der Waals surface area contributed by atoms with Crippen molar-refractivity contribution in [1.82, 2.24) is 10.3 Å². The Kier molecular flexibility index (Phi) is 6.17. The highest BCUT2D eigenvalue weighted by molar-refractivity contribution is 7.08. The Balaban J connectivity index is 1.49. The standard InChI is InChI=1S/C20H19N3O3S/c1-14(15-8-11-27-13-15)12-22-19(24)20(25)23-16-2-4-17(5-3-16)26-18-6-9-21-10-7-18/h2-11,13-14H,12H2,1H3,(H,22,24)(H,23,25)/t14-/m0/s1. The lowest BCUT2D eigenvalue weighted by Gasteiger charge is -2.11. The molecule has 0 aliphatic rings. The number of aromatic nitrogens is 1. The number of hydrogen-bond donors (Lipinski definition) is 2. The Bertz CT molecular complexity index is 881. The van der Waals surface area contributed by atoms with Crippen LogP contribution in [0, 0.1) is 0 Å². The zero-order valence-electron chi connectivity index (χ0n) is 14.7. The molecule has 2 heterocycles. The van der Waals surface area contributed by atoms with E-state index in [9.17, 15) is 9.59 Å². The van der Waals surface area contributed by atoms with Crippen LogP contribution in [0.3, 0.4) is 0 Å². The highest BCUT2D eigenvalue weighted by atomic mass is 32.1. The maximum Gasteiger partial charge on any atom is 0.313 e. The van der Waals surface area contributed by atoms with Gasteiger partial charge in [0.25, 0.3) is 0 Å². The molecular weight excluding hydrogens is 362 g/mol. The quantitative estimate of drug-likeness (QED) is 0.637. The molecule has 7 heteroatoms. The van der Waals surface area contributed by atoms with Crippen LogP contribution in [-0.2, 0) is 9.59 Å². The summed E-state index contributed by atoms with van der Waals surface area (Å²) in [4.78, 5) is 27.9. The Morgan fingerprint density at radius 1 is 1.04 bits per heavy atom. The third-order valence-electron chi connectivity index (χ3n) is 3.88. The summed E-state index contributed by atoms with van der Waals surface area (Å²) >= 11 is 1.61. The molecule has 0 radical (unpaired) electrons. The highest BCUT2D eigenvalue weighted by Crippen LogP contribution is 2.22. The zero-order chi connectivity index (χ0) is 19.1. The number of hydrogen-bond acceptors (Lipinski definition) is 5. The molecule has 0 unspecified atom stereocenters. The first kappa shape index (κ1) is 18.6. The van der Waals surface area contributed by atoms with Gasteiger partial charge in [-0.15, -0.1) is 0 Å². The number of amides is 2. The number of nitrogens with one attached hydrogen (secondary N) is 2. The third-order valence-corrected chi connectivity index (χ3v) is 4.59. The molecule has 0 aliphatic heterocycles. The highest BCUT2D eigenvalue weighted by Gasteiger charge is 2.15. The van der Waals surface area contributed by atoms with E-state index in [1.165, 1.54) is 0 Å². The molecule has 2 aromatic heterocycles. The predicted octanol–water partition coefficient (Wildman–Crippen LogP) is 3.79. The second kappa shape index (κ2) is 8.95. The number of thiophene rings is 1. The molecule has 0 saturated heterocycles. The monoisotopic (exact) mass is 381 g/mol. The van der Waals surface area contributed by atoms with Crippen molar-refractivity contribution >= 4 is 28.8 Å². The molecule has 27 heavy (non-hydrogen) atoms. The number of anilines is 1. The van der Waals surface area contributed by atoms with Gasteiger partial charge in [0.15, 0.2) is 0 Å². The van der Waals surface area contributed by atoms with Gasteiger partial charge in [0, 0.05) is 24.6 Å². The first-order chi connectivity index (χ1) is 13.1. The van der Waals surface area contributed by atoms with E-state index in [0.29, 0.717) is 23.7 Å². The minimum Gasteiger partial charge on any atom is -0.457 e. The number of carbonyl (C=O) groups excluding carboxylic acids is 2. The molecule has 0 saturated carbocycles. The summed E-state index contributed by atoms with van der Waals surface area (Å²) in [5.41, 5.74) is 1.66. The molecule has 0 aliphatic carbocycles. The smallest absolute Gasteiger partial charge is 0.313 e. The Labute approximate surface area is 161 Å². The summed E-state index contributed by atoms with van der Waals surface area (Å²) in [6, 6.07) is 12.3. The SMILES string of the molecule is C[C@@H](CNC(=O)C(=O)Nc1ccc(Oc2ccncc2)cc1)c1ccsc1. The van der Waals surface area contributed by atoms with Crippen LogP contribution >= 0.6 is 11.3 Å². The maximum atomic E-state index is 12.0. The molecule has 2 N–H and O–H groups in total. The Morgan fingerprint density at radius 3 is 2.41 bits per heavy atom. The molecular formula is C20H19N3O3S. The van der Waals surface area contributed by atoms with Crippen LogP contribution in [0.2, 0.25) is 0 Å². The van der Waals surface area contributed by atoms with Gasteiger partial charge in [-0.05, 0) is 64.7 Å². The van der Waals surface area contributed by atoms with Crippen molar-refractivity contribution in [3.05, 3.63) is 71.2 Å². The van der Waals surface area contributed by atoms with Gasteiger partial charge < -0.3 is 15.4 Å². The molecule has 3 aromatic rings. The summed E-state index contributed by atoms with van der Waals surface area (Å²) < 4.78 is 5.65. The number of ether oxygens (including phenoxy) is 1. The lowest BCUT2D eigenvalue weighted by Crippen LogP contribution is -2.37. The zero-order valence-corrected chi connectivity index (χ0v) is 15.5. The van der Waals surface area contributed by atoms with Gasteiger partial charge in [-0.2, -0.15) is 11.3 Å². The van der Waals surface area contributed by atoms with Crippen LogP contribution in [0.25, 0.3) is 0 Å². The van der Waals surface area contributed by atoms with Gasteiger partial charge in [-0.1, -0.05) is 6.92 Å². The molecule has 138 valence electrons. The van der Waals surface area contributed by atoms with Gasteiger partial charge in [0.2, 0.25) is 0 Å². The first-order valence-corrected chi connectivity index (χ1v) is 9.35. The summed E-state index contributed by atoms with van der Waals surface area (Å²) in [6.45, 7) is 2.41. The van der Waals surface area contributed by atoms with Crippen molar-refractivity contribution < 1.29 is 14.3 Å². The van der Waals surface area contributed by atoms with Crippen LogP contribution < -0.4 is 15.4 Å². The molecule has 2 amide bonds. The van der Waals surface area contributed by atoms with Crippen molar-refractivity contribution in [2.75, 3.05) is 11.9 Å². The van der Waals surface area contributed by atoms with E-state index in [0.717, 1.165) is 5.56 Å². The molecule has 0 fully saturated rings. The Hall–Kier alpha value is -3.19. The molecule has 0 spiro atoms. The minimum atomic E-state index is -0.699. The van der Waals surface area contributed by atoms with Crippen molar-refractivity contribution in [2.45, 2.75) is 12.8 Å². The maximum absolute atomic E-state index is 12.0. The summed E-state index contributed by atoms with van der Waals surface area (Å²) in [5, 5.41) is 9.26. The topological polar surface area (TPSA) is 80.3 Å². The first-order valence-electron chi connectivity index (χ1n) is 8.41. The van der Waals surface area contributed by atoms with E-state index >= 15 is 0 Å². The lowest BCUT2D eigenvalue weighted by atomic mass is 10.1. The van der Waals surface area contributed by atoms with Crippen molar-refractivity contribution in [2.24, 2.45) is 0 Å². The van der Waals surface area contributed by atoms with Crippen LogP contribution in [0.15, 0.2) is 65.6 Å². The van der Waals surface area contributed by atoms with Gasteiger partial charge in [-0.3, -0.25) is 14.6 Å². The van der Waals surface area contributed by atoms with Crippen LogP contribution in [0.4, 0.5) is 5.69 Å². The summed E-state index contributed by atoms with van der Waals surface area (Å²) in [5.74, 6) is 0.0799. The van der Waals surface area contributed by atoms with Crippen molar-refractivity contribution in [3.63, 3.8) is 0 Å². The number of benzene rings is 1. The third kappa shape index (κ3) is 5.39. The van der Waals surface area contributed by atoms with Crippen LogP contribution in [0.5, 0.6) is 11.5 Å². The fraction of sp³-hybridized carbons (Fsp3) is 0.150. The normalized spacial score (nSPS) is 11.4. The Morgan fingerprint density at radius 2 is 1.74 bits per heavy atom. The second-order valence-electron chi connectivity index (χ2n) is 5.93. The molecule has 6 nitrogen and oxygen atoms in total. The average molecular weight is 381 g/mol. The van der Waals surface area contributed by atoms with Crippen LogP contribution in [-0.4, -0.2) is 23.3 Å². The fourth-order valence-electron chi connectivity index (χ4n) is 2.34. The fourth-order valence-corrected chi connectivity index (χ4v) is 3.12. The predicted molar refractivity (Wildman–Crippen MR) is 105 cm³/mol. The average Bonchev–Trinajstić information content (AvgIpc) is 3.23. The number of pyridine rings is 1. The van der Waals surface area contributed by atoms with E-state index in [-0.39, 0.29) is 5.92 Å². The number of carbonyl (C=O) groups is 2. The van der Waals surface area contributed by atoms with E-state index in [4.69, 9.17) is 4.74 Å². The van der Waals surface area contributed by atoms with E-state index < -0.39 is 11.8 Å². The van der Waals surface area contributed by atoms with Crippen molar-refractivity contribution in [3.8, 4) is 11.5 Å². The van der Waals surface area contributed by atoms with Gasteiger partial charge >= 0.3 is 11.8 Å². The van der Waals surface area contributed by atoms with Gasteiger partial charge in [0.1, 0.15) is 11.5 Å². The van der Waals surface area contributed by atoms with Gasteiger partial charge in [0.05, 0.1) is 0 Å².